The van der Waals surface area contributed by atoms with E-state index in [4.69, 9.17) is 16.3 Å². The van der Waals surface area contributed by atoms with Crippen LogP contribution in [0.15, 0.2) is 36.4 Å². The summed E-state index contributed by atoms with van der Waals surface area (Å²) in [5.74, 6) is 1.03. The molecule has 0 aliphatic carbocycles. The van der Waals surface area contributed by atoms with Gasteiger partial charge >= 0.3 is 0 Å². The lowest BCUT2D eigenvalue weighted by molar-refractivity contribution is 0.232. The van der Waals surface area contributed by atoms with Gasteiger partial charge in [-0.15, -0.1) is 0 Å². The van der Waals surface area contributed by atoms with E-state index in [1.54, 1.807) is 0 Å². The van der Waals surface area contributed by atoms with Crippen LogP contribution in [0.4, 0.5) is 0 Å². The second-order valence-electron chi connectivity index (χ2n) is 5.31. The van der Waals surface area contributed by atoms with E-state index in [-0.39, 0.29) is 6.10 Å². The van der Waals surface area contributed by atoms with Crippen molar-refractivity contribution in [3.63, 3.8) is 0 Å². The second kappa shape index (κ2) is 5.47. The molecule has 0 saturated carbocycles. The molecule has 3 heteroatoms. The first-order chi connectivity index (χ1) is 9.67. The van der Waals surface area contributed by atoms with E-state index in [0.29, 0.717) is 0 Å². The summed E-state index contributed by atoms with van der Waals surface area (Å²) in [6, 6.07) is 12.4. The average molecular weight is 288 g/mol. The van der Waals surface area contributed by atoms with E-state index in [2.05, 4.69) is 24.4 Å². The molecule has 1 atom stereocenters. The molecule has 2 aromatic carbocycles. The van der Waals surface area contributed by atoms with Crippen LogP contribution in [0.25, 0.3) is 11.1 Å². The molecule has 0 saturated heterocycles. The number of hydrogen-bond donors (Lipinski definition) is 1. The maximum absolute atomic E-state index is 6.12. The highest BCUT2D eigenvalue weighted by atomic mass is 35.5. The molecule has 0 spiro atoms. The Balaban J connectivity index is 2.03. The third-order valence-corrected chi connectivity index (χ3v) is 3.88. The van der Waals surface area contributed by atoms with Gasteiger partial charge in [-0.2, -0.15) is 0 Å². The van der Waals surface area contributed by atoms with Crippen molar-refractivity contribution in [1.29, 1.82) is 0 Å². The summed E-state index contributed by atoms with van der Waals surface area (Å²) in [6.07, 6.45) is 1.20. The van der Waals surface area contributed by atoms with E-state index >= 15 is 0 Å². The maximum atomic E-state index is 6.12. The van der Waals surface area contributed by atoms with Gasteiger partial charge in [0.05, 0.1) is 0 Å². The first kappa shape index (κ1) is 13.5. The van der Waals surface area contributed by atoms with Crippen LogP contribution in [0.2, 0.25) is 5.02 Å². The molecular formula is C17H18ClNO. The lowest BCUT2D eigenvalue weighted by Gasteiger charge is -2.13. The van der Waals surface area contributed by atoms with E-state index in [0.717, 1.165) is 34.9 Å². The fourth-order valence-corrected chi connectivity index (χ4v) is 2.90. The predicted octanol–water partition coefficient (Wildman–Crippen LogP) is 3.84. The lowest BCUT2D eigenvalue weighted by atomic mass is 9.98. The molecule has 1 aliphatic heterocycles. The highest BCUT2D eigenvalue weighted by molar-refractivity contribution is 6.30. The predicted molar refractivity (Wildman–Crippen MR) is 83.7 cm³/mol. The average Bonchev–Trinajstić information content (AvgIpc) is 2.81. The number of nitrogens with one attached hydrogen (secondary N) is 1. The molecule has 0 fully saturated rings. The van der Waals surface area contributed by atoms with Gasteiger partial charge in [0.15, 0.2) is 0 Å². The molecule has 0 radical (unpaired) electrons. The molecule has 1 N–H and O–H groups in total. The van der Waals surface area contributed by atoms with Crippen LogP contribution in [0.5, 0.6) is 5.75 Å². The minimum absolute atomic E-state index is 0.225. The van der Waals surface area contributed by atoms with Crippen molar-refractivity contribution >= 4 is 11.6 Å². The Kier molecular flexibility index (Phi) is 3.68. The van der Waals surface area contributed by atoms with Crippen LogP contribution >= 0.6 is 11.6 Å². The van der Waals surface area contributed by atoms with Crippen LogP contribution in [0.3, 0.4) is 0 Å². The first-order valence-electron chi connectivity index (χ1n) is 6.88. The summed E-state index contributed by atoms with van der Waals surface area (Å²) in [7, 11) is 1.96. The largest absolute Gasteiger partial charge is 0.488 e. The summed E-state index contributed by atoms with van der Waals surface area (Å²) in [4.78, 5) is 0. The standard InChI is InChI=1S/C17H18ClNO/c1-11-7-13-9-15(10-19-2)20-17(13)16(8-11)12-3-5-14(18)6-4-12/h3-8,15,19H,9-10H2,1-2H3/t15-/m0/s1. The van der Waals surface area contributed by atoms with Crippen molar-refractivity contribution in [1.82, 2.24) is 5.32 Å². The summed E-state index contributed by atoms with van der Waals surface area (Å²) in [5.41, 5.74) is 4.88. The van der Waals surface area contributed by atoms with E-state index in [1.807, 2.05) is 31.3 Å². The SMILES string of the molecule is CNC[C@@H]1Cc2cc(C)cc(-c3ccc(Cl)cc3)c2O1. The number of halogens is 1. The summed E-state index contributed by atoms with van der Waals surface area (Å²) >= 11 is 5.97. The molecule has 2 aromatic rings. The normalized spacial score (nSPS) is 16.9. The molecule has 0 unspecified atom stereocenters. The van der Waals surface area contributed by atoms with Gasteiger partial charge in [0, 0.05) is 23.6 Å². The zero-order chi connectivity index (χ0) is 14.1. The minimum atomic E-state index is 0.225. The van der Waals surface area contributed by atoms with Crippen molar-refractivity contribution in [2.45, 2.75) is 19.4 Å². The topological polar surface area (TPSA) is 21.3 Å². The minimum Gasteiger partial charge on any atom is -0.488 e. The number of rotatable bonds is 3. The van der Waals surface area contributed by atoms with Crippen molar-refractivity contribution < 1.29 is 4.74 Å². The zero-order valence-corrected chi connectivity index (χ0v) is 12.5. The molecule has 0 aromatic heterocycles. The number of fused-ring (bicyclic) bond motifs is 1. The summed E-state index contributed by atoms with van der Waals surface area (Å²) in [6.45, 7) is 3.00. The maximum Gasteiger partial charge on any atom is 0.130 e. The lowest BCUT2D eigenvalue weighted by Crippen LogP contribution is -2.27. The number of benzene rings is 2. The van der Waals surface area contributed by atoms with Gasteiger partial charge in [-0.1, -0.05) is 29.8 Å². The Morgan fingerprint density at radius 3 is 2.70 bits per heavy atom. The quantitative estimate of drug-likeness (QED) is 0.926. The number of hydrogen-bond acceptors (Lipinski definition) is 2. The molecule has 20 heavy (non-hydrogen) atoms. The molecule has 2 nitrogen and oxygen atoms in total. The van der Waals surface area contributed by atoms with E-state index < -0.39 is 0 Å². The van der Waals surface area contributed by atoms with Crippen molar-refractivity contribution in [2.24, 2.45) is 0 Å². The van der Waals surface area contributed by atoms with E-state index in [1.165, 1.54) is 11.1 Å². The van der Waals surface area contributed by atoms with Crippen LogP contribution in [0, 0.1) is 6.92 Å². The number of ether oxygens (including phenoxy) is 1. The molecule has 0 bridgehead atoms. The van der Waals surface area contributed by atoms with Crippen LogP contribution in [0.1, 0.15) is 11.1 Å². The Bertz CT molecular complexity index is 622. The Hall–Kier alpha value is -1.51. The highest BCUT2D eigenvalue weighted by Crippen LogP contribution is 2.40. The van der Waals surface area contributed by atoms with Gasteiger partial charge < -0.3 is 10.1 Å². The molecule has 1 aliphatic rings. The smallest absolute Gasteiger partial charge is 0.130 e. The summed E-state index contributed by atoms with van der Waals surface area (Å²) < 4.78 is 6.12. The Morgan fingerprint density at radius 1 is 1.25 bits per heavy atom. The Morgan fingerprint density at radius 2 is 2.00 bits per heavy atom. The summed E-state index contributed by atoms with van der Waals surface area (Å²) in [5, 5.41) is 3.94. The number of likely N-dealkylation sites (N-methyl/N-ethyl adjacent to an activating group) is 1. The Labute approximate surface area is 124 Å². The van der Waals surface area contributed by atoms with Gasteiger partial charge in [-0.3, -0.25) is 0 Å². The molecular weight excluding hydrogens is 270 g/mol. The second-order valence-corrected chi connectivity index (χ2v) is 5.75. The molecule has 0 amide bonds. The van der Waals surface area contributed by atoms with Gasteiger partial charge in [-0.05, 0) is 48.9 Å². The van der Waals surface area contributed by atoms with Gasteiger partial charge in [0.2, 0.25) is 0 Å². The number of aryl methyl sites for hydroxylation is 1. The fourth-order valence-electron chi connectivity index (χ4n) is 2.78. The van der Waals surface area contributed by atoms with Gasteiger partial charge in [-0.25, -0.2) is 0 Å². The van der Waals surface area contributed by atoms with Crippen LogP contribution < -0.4 is 10.1 Å². The van der Waals surface area contributed by atoms with E-state index in [9.17, 15) is 0 Å². The van der Waals surface area contributed by atoms with Crippen molar-refractivity contribution in [2.75, 3.05) is 13.6 Å². The van der Waals surface area contributed by atoms with Gasteiger partial charge in [0.1, 0.15) is 11.9 Å². The zero-order valence-electron chi connectivity index (χ0n) is 11.7. The van der Waals surface area contributed by atoms with Crippen molar-refractivity contribution in [3.05, 3.63) is 52.5 Å². The van der Waals surface area contributed by atoms with Gasteiger partial charge in [0.25, 0.3) is 0 Å². The highest BCUT2D eigenvalue weighted by Gasteiger charge is 2.25. The molecule has 1 heterocycles. The fraction of sp³-hybridized carbons (Fsp3) is 0.294. The van der Waals surface area contributed by atoms with Crippen LogP contribution in [-0.4, -0.2) is 19.7 Å². The first-order valence-corrected chi connectivity index (χ1v) is 7.26. The molecule has 104 valence electrons. The van der Waals surface area contributed by atoms with Crippen molar-refractivity contribution in [3.8, 4) is 16.9 Å². The molecule has 3 rings (SSSR count). The third kappa shape index (κ3) is 2.54. The third-order valence-electron chi connectivity index (χ3n) is 3.63. The van der Waals surface area contributed by atoms with Crippen LogP contribution in [-0.2, 0) is 6.42 Å². The monoisotopic (exact) mass is 287 g/mol.